The van der Waals surface area contributed by atoms with Gasteiger partial charge < -0.3 is 9.47 Å². The number of halogens is 1. The molecule has 0 amide bonds. The maximum atomic E-state index is 11.6. The van der Waals surface area contributed by atoms with E-state index >= 15 is 0 Å². The van der Waals surface area contributed by atoms with Crippen LogP contribution in [-0.2, 0) is 20.9 Å². The SMILES string of the molecule is C=C(C)C(=O)OC(C)COCc1c2ccccc2cc2ccc(Cl)cc12. The van der Waals surface area contributed by atoms with Crippen LogP contribution in [0.1, 0.15) is 19.4 Å². The number of carbonyl (C=O) groups excluding carboxylic acids is 1. The highest BCUT2D eigenvalue weighted by Gasteiger charge is 2.12. The molecule has 134 valence electrons. The van der Waals surface area contributed by atoms with Crippen LogP contribution in [0.25, 0.3) is 21.5 Å². The van der Waals surface area contributed by atoms with Crippen LogP contribution in [0.15, 0.2) is 60.7 Å². The number of esters is 1. The zero-order valence-electron chi connectivity index (χ0n) is 14.9. The van der Waals surface area contributed by atoms with Crippen molar-refractivity contribution >= 4 is 39.1 Å². The zero-order chi connectivity index (χ0) is 18.7. The molecule has 1 atom stereocenters. The predicted octanol–water partition coefficient (Wildman–Crippen LogP) is 5.67. The Kier molecular flexibility index (Phi) is 5.60. The molecule has 0 N–H and O–H groups in total. The van der Waals surface area contributed by atoms with Crippen LogP contribution in [0.5, 0.6) is 0 Å². The highest BCUT2D eigenvalue weighted by molar-refractivity contribution is 6.31. The highest BCUT2D eigenvalue weighted by atomic mass is 35.5. The fourth-order valence-corrected chi connectivity index (χ4v) is 3.10. The number of carbonyl (C=O) groups is 1. The number of hydrogen-bond donors (Lipinski definition) is 0. The third kappa shape index (κ3) is 4.06. The van der Waals surface area contributed by atoms with E-state index in [9.17, 15) is 4.79 Å². The van der Waals surface area contributed by atoms with Crippen molar-refractivity contribution in [3.63, 3.8) is 0 Å². The second-order valence-electron chi connectivity index (χ2n) is 6.45. The van der Waals surface area contributed by atoms with Crippen molar-refractivity contribution in [1.29, 1.82) is 0 Å². The van der Waals surface area contributed by atoms with Crippen molar-refractivity contribution in [3.05, 3.63) is 71.3 Å². The number of fused-ring (bicyclic) bond motifs is 2. The van der Waals surface area contributed by atoms with Gasteiger partial charge in [0.15, 0.2) is 0 Å². The quantitative estimate of drug-likeness (QED) is 0.319. The average molecular weight is 369 g/mol. The standard InChI is InChI=1S/C22H21ClO3/c1-14(2)22(24)26-15(3)12-25-13-21-19-7-5-4-6-16(19)10-17-8-9-18(23)11-20(17)21/h4-11,15H,1,12-13H2,2-3H3. The molecule has 3 nitrogen and oxygen atoms in total. The third-order valence-electron chi connectivity index (χ3n) is 4.19. The second kappa shape index (κ2) is 7.90. The van der Waals surface area contributed by atoms with Gasteiger partial charge in [-0.05, 0) is 59.2 Å². The summed E-state index contributed by atoms with van der Waals surface area (Å²) >= 11 is 6.21. The number of benzene rings is 3. The molecule has 0 spiro atoms. The summed E-state index contributed by atoms with van der Waals surface area (Å²) in [4.78, 5) is 11.6. The van der Waals surface area contributed by atoms with Gasteiger partial charge in [-0.15, -0.1) is 0 Å². The first-order valence-electron chi connectivity index (χ1n) is 8.50. The normalized spacial score (nSPS) is 12.3. The maximum Gasteiger partial charge on any atom is 0.333 e. The van der Waals surface area contributed by atoms with E-state index < -0.39 is 5.97 Å². The van der Waals surface area contributed by atoms with E-state index in [2.05, 4.69) is 24.8 Å². The minimum Gasteiger partial charge on any atom is -0.457 e. The largest absolute Gasteiger partial charge is 0.457 e. The third-order valence-corrected chi connectivity index (χ3v) is 4.43. The van der Waals surface area contributed by atoms with E-state index in [0.29, 0.717) is 23.8 Å². The molecule has 4 heteroatoms. The lowest BCUT2D eigenvalue weighted by Crippen LogP contribution is -2.20. The van der Waals surface area contributed by atoms with Gasteiger partial charge in [0, 0.05) is 10.6 Å². The van der Waals surface area contributed by atoms with Crippen LogP contribution in [-0.4, -0.2) is 18.7 Å². The minimum atomic E-state index is -0.400. The molecule has 0 saturated heterocycles. The maximum absolute atomic E-state index is 11.6. The molecule has 0 aliphatic heterocycles. The number of rotatable bonds is 6. The van der Waals surface area contributed by atoms with Crippen LogP contribution in [0, 0.1) is 0 Å². The molecular formula is C22H21ClO3. The molecule has 0 bridgehead atoms. The molecular weight excluding hydrogens is 348 g/mol. The molecule has 0 radical (unpaired) electrons. The van der Waals surface area contributed by atoms with Crippen molar-refractivity contribution in [1.82, 2.24) is 0 Å². The average Bonchev–Trinajstić information content (AvgIpc) is 2.61. The van der Waals surface area contributed by atoms with Gasteiger partial charge in [-0.1, -0.05) is 48.5 Å². The summed E-state index contributed by atoms with van der Waals surface area (Å²) in [5.74, 6) is -0.400. The Morgan fingerprint density at radius 3 is 2.62 bits per heavy atom. The van der Waals surface area contributed by atoms with Gasteiger partial charge >= 0.3 is 5.97 Å². The van der Waals surface area contributed by atoms with E-state index in [1.807, 2.05) is 30.3 Å². The molecule has 3 aromatic carbocycles. The number of hydrogen-bond acceptors (Lipinski definition) is 3. The Hall–Kier alpha value is -2.36. The monoisotopic (exact) mass is 368 g/mol. The Labute approximate surface area is 158 Å². The molecule has 0 saturated carbocycles. The first-order valence-corrected chi connectivity index (χ1v) is 8.87. The van der Waals surface area contributed by atoms with Gasteiger partial charge in [0.05, 0.1) is 13.2 Å². The van der Waals surface area contributed by atoms with E-state index in [4.69, 9.17) is 21.1 Å². The first kappa shape index (κ1) is 18.4. The Bertz CT molecular complexity index is 978. The topological polar surface area (TPSA) is 35.5 Å². The summed E-state index contributed by atoms with van der Waals surface area (Å²) in [7, 11) is 0. The Morgan fingerprint density at radius 2 is 1.85 bits per heavy atom. The molecule has 0 fully saturated rings. The van der Waals surface area contributed by atoms with Crippen LogP contribution >= 0.6 is 11.6 Å². The summed E-state index contributed by atoms with van der Waals surface area (Å²) in [5.41, 5.74) is 1.46. The van der Waals surface area contributed by atoms with Crippen molar-refractivity contribution < 1.29 is 14.3 Å². The molecule has 0 heterocycles. The van der Waals surface area contributed by atoms with Gasteiger partial charge in [0.25, 0.3) is 0 Å². The molecule has 0 aromatic heterocycles. The van der Waals surface area contributed by atoms with Gasteiger partial charge in [-0.3, -0.25) is 0 Å². The lowest BCUT2D eigenvalue weighted by molar-refractivity contribution is -0.146. The Morgan fingerprint density at radius 1 is 1.12 bits per heavy atom. The molecule has 1 unspecified atom stereocenters. The van der Waals surface area contributed by atoms with Crippen molar-refractivity contribution in [3.8, 4) is 0 Å². The zero-order valence-corrected chi connectivity index (χ0v) is 15.7. The summed E-state index contributed by atoms with van der Waals surface area (Å²) in [5, 5.41) is 5.17. The van der Waals surface area contributed by atoms with Crippen LogP contribution in [0.4, 0.5) is 0 Å². The van der Waals surface area contributed by atoms with E-state index in [0.717, 1.165) is 27.1 Å². The van der Waals surface area contributed by atoms with Crippen LogP contribution in [0.3, 0.4) is 0 Å². The fraction of sp³-hybridized carbons (Fsp3) is 0.227. The van der Waals surface area contributed by atoms with Crippen molar-refractivity contribution in [2.45, 2.75) is 26.6 Å². The van der Waals surface area contributed by atoms with Gasteiger partial charge in [-0.25, -0.2) is 4.79 Å². The number of ether oxygens (including phenoxy) is 2. The smallest absolute Gasteiger partial charge is 0.333 e. The molecule has 0 aliphatic rings. The highest BCUT2D eigenvalue weighted by Crippen LogP contribution is 2.31. The Balaban J connectivity index is 1.84. The molecule has 3 rings (SSSR count). The van der Waals surface area contributed by atoms with E-state index in [1.165, 1.54) is 0 Å². The minimum absolute atomic E-state index is 0.310. The lowest BCUT2D eigenvalue weighted by Gasteiger charge is -2.16. The molecule has 3 aromatic rings. The van der Waals surface area contributed by atoms with Gasteiger partial charge in [-0.2, -0.15) is 0 Å². The summed E-state index contributed by atoms with van der Waals surface area (Å²) < 4.78 is 11.1. The van der Waals surface area contributed by atoms with Crippen LogP contribution in [0.2, 0.25) is 5.02 Å². The van der Waals surface area contributed by atoms with Crippen molar-refractivity contribution in [2.24, 2.45) is 0 Å². The van der Waals surface area contributed by atoms with Crippen LogP contribution < -0.4 is 0 Å². The summed E-state index contributed by atoms with van der Waals surface area (Å²) in [6.45, 7) is 7.74. The summed E-state index contributed by atoms with van der Waals surface area (Å²) in [6, 6.07) is 16.2. The molecule has 26 heavy (non-hydrogen) atoms. The predicted molar refractivity (Wildman–Crippen MR) is 106 cm³/mol. The lowest BCUT2D eigenvalue weighted by atomic mass is 9.97. The van der Waals surface area contributed by atoms with E-state index in [1.54, 1.807) is 13.8 Å². The first-order chi connectivity index (χ1) is 12.5. The summed E-state index contributed by atoms with van der Waals surface area (Å²) in [6.07, 6.45) is -0.343. The fourth-order valence-electron chi connectivity index (χ4n) is 2.93. The molecule has 0 aliphatic carbocycles. The van der Waals surface area contributed by atoms with Gasteiger partial charge in [0.1, 0.15) is 6.10 Å². The van der Waals surface area contributed by atoms with E-state index in [-0.39, 0.29) is 6.10 Å². The van der Waals surface area contributed by atoms with Crippen molar-refractivity contribution in [2.75, 3.05) is 6.61 Å². The second-order valence-corrected chi connectivity index (χ2v) is 6.89. The van der Waals surface area contributed by atoms with Gasteiger partial charge in [0.2, 0.25) is 0 Å².